The molecule has 0 amide bonds. The van der Waals surface area contributed by atoms with Gasteiger partial charge in [0, 0.05) is 30.5 Å². The van der Waals surface area contributed by atoms with Crippen LogP contribution in [0.25, 0.3) is 0 Å². The van der Waals surface area contributed by atoms with E-state index in [1.54, 1.807) is 22.3 Å². The van der Waals surface area contributed by atoms with E-state index < -0.39 is 0 Å². The third-order valence-electron chi connectivity index (χ3n) is 6.47. The standard InChI is InChI=1S/C21H23NO.ClH/c1-15(22-10-12-23-13-11-22)21-14-18(16-6-2-4-8-19(16)21)17-7-3-5-9-20(17)21;/h2-9,15,18H,10-14H2,1H3;1H. The molecule has 5 rings (SSSR count). The largest absolute Gasteiger partial charge is 0.379 e. The summed E-state index contributed by atoms with van der Waals surface area (Å²) in [6.45, 7) is 6.28. The van der Waals surface area contributed by atoms with Crippen LogP contribution in [0.5, 0.6) is 0 Å². The molecule has 0 aromatic heterocycles. The van der Waals surface area contributed by atoms with Gasteiger partial charge in [-0.3, -0.25) is 4.90 Å². The molecule has 1 atom stereocenters. The van der Waals surface area contributed by atoms with Crippen molar-refractivity contribution in [1.82, 2.24) is 4.90 Å². The van der Waals surface area contributed by atoms with Crippen LogP contribution in [0.3, 0.4) is 0 Å². The van der Waals surface area contributed by atoms with Crippen LogP contribution in [0.4, 0.5) is 0 Å². The van der Waals surface area contributed by atoms with Crippen LogP contribution in [0, 0.1) is 0 Å². The molecule has 3 aliphatic rings. The molecule has 2 bridgehead atoms. The average Bonchev–Trinajstić information content (AvgIpc) is 3.16. The predicted octanol–water partition coefficient (Wildman–Crippen LogP) is 3.96. The van der Waals surface area contributed by atoms with Crippen LogP contribution in [0.2, 0.25) is 0 Å². The van der Waals surface area contributed by atoms with Crippen molar-refractivity contribution < 1.29 is 4.74 Å². The van der Waals surface area contributed by atoms with Gasteiger partial charge in [0.15, 0.2) is 0 Å². The first-order valence-electron chi connectivity index (χ1n) is 8.83. The van der Waals surface area contributed by atoms with Crippen molar-refractivity contribution in [3.05, 3.63) is 70.8 Å². The number of morpholine rings is 1. The molecule has 1 heterocycles. The highest BCUT2D eigenvalue weighted by atomic mass is 35.5. The van der Waals surface area contributed by atoms with Crippen LogP contribution in [-0.2, 0) is 10.2 Å². The molecule has 2 aromatic carbocycles. The summed E-state index contributed by atoms with van der Waals surface area (Å²) < 4.78 is 5.59. The van der Waals surface area contributed by atoms with Gasteiger partial charge >= 0.3 is 0 Å². The Morgan fingerprint density at radius 1 is 0.958 bits per heavy atom. The number of nitrogens with zero attached hydrogens (tertiary/aromatic N) is 1. The Balaban J connectivity index is 0.00000146. The van der Waals surface area contributed by atoms with E-state index in [0.29, 0.717) is 12.0 Å². The fourth-order valence-corrected chi connectivity index (χ4v) is 5.39. The second kappa shape index (κ2) is 5.87. The molecule has 1 aliphatic heterocycles. The molecule has 3 heteroatoms. The third-order valence-corrected chi connectivity index (χ3v) is 6.47. The summed E-state index contributed by atoms with van der Waals surface area (Å²) in [5.74, 6) is 0.589. The highest BCUT2D eigenvalue weighted by Crippen LogP contribution is 2.62. The average molecular weight is 342 g/mol. The summed E-state index contributed by atoms with van der Waals surface area (Å²) in [4.78, 5) is 2.64. The Morgan fingerprint density at radius 2 is 1.50 bits per heavy atom. The Hall–Kier alpha value is -1.35. The van der Waals surface area contributed by atoms with E-state index >= 15 is 0 Å². The van der Waals surface area contributed by atoms with Crippen LogP contribution in [-0.4, -0.2) is 37.2 Å². The quantitative estimate of drug-likeness (QED) is 0.819. The SMILES string of the molecule is CC(N1CCOCC1)C12CC(c3ccccc31)c1ccccc12.Cl. The highest BCUT2D eigenvalue weighted by Gasteiger charge is 2.56. The van der Waals surface area contributed by atoms with Gasteiger partial charge in [-0.1, -0.05) is 48.5 Å². The van der Waals surface area contributed by atoms with Crippen molar-refractivity contribution in [3.63, 3.8) is 0 Å². The molecule has 0 spiro atoms. The monoisotopic (exact) mass is 341 g/mol. The maximum atomic E-state index is 5.59. The molecule has 24 heavy (non-hydrogen) atoms. The number of halogens is 1. The van der Waals surface area contributed by atoms with E-state index in [2.05, 4.69) is 60.4 Å². The number of ether oxygens (including phenoxy) is 1. The summed E-state index contributed by atoms with van der Waals surface area (Å²) in [6.07, 6.45) is 1.24. The Morgan fingerprint density at radius 3 is 2.08 bits per heavy atom. The lowest BCUT2D eigenvalue weighted by Crippen LogP contribution is -2.52. The van der Waals surface area contributed by atoms with Gasteiger partial charge < -0.3 is 4.74 Å². The van der Waals surface area contributed by atoms with E-state index in [9.17, 15) is 0 Å². The van der Waals surface area contributed by atoms with E-state index in [4.69, 9.17) is 4.74 Å². The molecule has 0 N–H and O–H groups in total. The van der Waals surface area contributed by atoms with Crippen molar-refractivity contribution in [2.75, 3.05) is 26.3 Å². The Labute approximate surface area is 150 Å². The zero-order valence-electron chi connectivity index (χ0n) is 14.1. The molecular formula is C21H24ClNO. The summed E-state index contributed by atoms with van der Waals surface area (Å²) >= 11 is 0. The smallest absolute Gasteiger partial charge is 0.0594 e. The number of benzene rings is 2. The number of fused-ring (bicyclic) bond motifs is 8. The van der Waals surface area contributed by atoms with Gasteiger partial charge in [0.25, 0.3) is 0 Å². The van der Waals surface area contributed by atoms with Gasteiger partial charge in [-0.05, 0) is 35.6 Å². The first kappa shape index (κ1) is 16.1. The summed E-state index contributed by atoms with van der Waals surface area (Å²) in [5.41, 5.74) is 6.43. The predicted molar refractivity (Wildman–Crippen MR) is 99.2 cm³/mol. The molecule has 126 valence electrons. The third kappa shape index (κ3) is 1.97. The van der Waals surface area contributed by atoms with Crippen molar-refractivity contribution in [2.24, 2.45) is 0 Å². The zero-order chi connectivity index (χ0) is 15.4. The summed E-state index contributed by atoms with van der Waals surface area (Å²) in [6, 6.07) is 18.8. The lowest BCUT2D eigenvalue weighted by molar-refractivity contribution is 0.00674. The summed E-state index contributed by atoms with van der Waals surface area (Å²) in [7, 11) is 0. The minimum atomic E-state index is 0. The van der Waals surface area contributed by atoms with Crippen LogP contribution in [0.1, 0.15) is 41.5 Å². The second-order valence-electron chi connectivity index (χ2n) is 7.23. The van der Waals surface area contributed by atoms with Crippen molar-refractivity contribution >= 4 is 12.4 Å². The first-order valence-corrected chi connectivity index (χ1v) is 8.83. The molecule has 0 radical (unpaired) electrons. The Kier molecular flexibility index (Phi) is 3.95. The van der Waals surface area contributed by atoms with Gasteiger partial charge in [-0.25, -0.2) is 0 Å². The van der Waals surface area contributed by atoms with E-state index in [1.165, 1.54) is 6.42 Å². The van der Waals surface area contributed by atoms with Crippen molar-refractivity contribution in [3.8, 4) is 0 Å². The normalized spacial score (nSPS) is 28.8. The minimum absolute atomic E-state index is 0. The summed E-state index contributed by atoms with van der Waals surface area (Å²) in [5, 5.41) is 0. The second-order valence-corrected chi connectivity index (χ2v) is 7.23. The van der Waals surface area contributed by atoms with Crippen LogP contribution in [0.15, 0.2) is 48.5 Å². The number of rotatable bonds is 2. The van der Waals surface area contributed by atoms with Gasteiger partial charge in [0.2, 0.25) is 0 Å². The molecule has 1 saturated heterocycles. The van der Waals surface area contributed by atoms with Gasteiger partial charge in [-0.2, -0.15) is 0 Å². The van der Waals surface area contributed by atoms with Crippen molar-refractivity contribution in [2.45, 2.75) is 30.7 Å². The first-order chi connectivity index (χ1) is 11.3. The number of hydrogen-bond acceptors (Lipinski definition) is 2. The molecule has 2 nitrogen and oxygen atoms in total. The van der Waals surface area contributed by atoms with Gasteiger partial charge in [-0.15, -0.1) is 12.4 Å². The highest BCUT2D eigenvalue weighted by molar-refractivity contribution is 5.85. The maximum absolute atomic E-state index is 5.59. The van der Waals surface area contributed by atoms with E-state index in [-0.39, 0.29) is 17.8 Å². The zero-order valence-corrected chi connectivity index (χ0v) is 14.9. The fourth-order valence-electron chi connectivity index (χ4n) is 5.39. The maximum Gasteiger partial charge on any atom is 0.0594 e. The molecule has 2 aliphatic carbocycles. The lowest BCUT2D eigenvalue weighted by Gasteiger charge is -2.44. The van der Waals surface area contributed by atoms with Crippen LogP contribution >= 0.6 is 12.4 Å². The fraction of sp³-hybridized carbons (Fsp3) is 0.429. The lowest BCUT2D eigenvalue weighted by atomic mass is 9.70. The van der Waals surface area contributed by atoms with Gasteiger partial charge in [0.05, 0.1) is 13.2 Å². The van der Waals surface area contributed by atoms with E-state index in [1.807, 2.05) is 0 Å². The Bertz CT molecular complexity index is 706. The molecule has 2 aromatic rings. The number of hydrogen-bond donors (Lipinski definition) is 0. The van der Waals surface area contributed by atoms with Crippen molar-refractivity contribution in [1.29, 1.82) is 0 Å². The molecule has 1 fully saturated rings. The molecular weight excluding hydrogens is 318 g/mol. The molecule has 1 unspecified atom stereocenters. The topological polar surface area (TPSA) is 12.5 Å². The van der Waals surface area contributed by atoms with Crippen LogP contribution < -0.4 is 0 Å². The van der Waals surface area contributed by atoms with Gasteiger partial charge in [0.1, 0.15) is 0 Å². The minimum Gasteiger partial charge on any atom is -0.379 e. The molecule has 0 saturated carbocycles. The van der Waals surface area contributed by atoms with E-state index in [0.717, 1.165) is 26.3 Å².